The molecule has 1 saturated carbocycles. The van der Waals surface area contributed by atoms with Gasteiger partial charge in [-0.1, -0.05) is 12.8 Å². The fraction of sp³-hybridized carbons (Fsp3) is 0.750. The Morgan fingerprint density at radius 2 is 2.27 bits per heavy atom. The van der Waals surface area contributed by atoms with Gasteiger partial charge in [-0.3, -0.25) is 14.4 Å². The molecule has 2 aliphatic rings. The zero-order chi connectivity index (χ0) is 15.6. The molecule has 1 atom stereocenters. The summed E-state index contributed by atoms with van der Waals surface area (Å²) < 4.78 is 7.64. The Morgan fingerprint density at radius 1 is 1.50 bits per heavy atom. The molecule has 0 aromatic carbocycles. The minimum atomic E-state index is -0.747. The Kier molecular flexibility index (Phi) is 4.49. The second kappa shape index (κ2) is 6.38. The van der Waals surface area contributed by atoms with Gasteiger partial charge in [0.05, 0.1) is 12.8 Å². The van der Waals surface area contributed by atoms with E-state index in [1.807, 2.05) is 31.0 Å². The van der Waals surface area contributed by atoms with Gasteiger partial charge in [-0.15, -0.1) is 0 Å². The van der Waals surface area contributed by atoms with Gasteiger partial charge in [0.25, 0.3) is 5.91 Å². The van der Waals surface area contributed by atoms with E-state index >= 15 is 0 Å². The molecule has 1 aliphatic carbocycles. The molecular formula is C16H26N4O2. The molecule has 3 rings (SSSR count). The normalized spacial score (nSPS) is 27.2. The van der Waals surface area contributed by atoms with Gasteiger partial charge in [0.15, 0.2) is 5.60 Å². The van der Waals surface area contributed by atoms with E-state index in [0.717, 1.165) is 25.9 Å². The third-order valence-electron chi connectivity index (χ3n) is 4.69. The van der Waals surface area contributed by atoms with Crippen LogP contribution in [0.2, 0.25) is 0 Å². The van der Waals surface area contributed by atoms with Gasteiger partial charge in [0, 0.05) is 44.5 Å². The quantitative estimate of drug-likeness (QED) is 0.904. The van der Waals surface area contributed by atoms with Crippen molar-refractivity contribution in [3.8, 4) is 0 Å². The molecular weight excluding hydrogens is 280 g/mol. The van der Waals surface area contributed by atoms with Crippen LogP contribution in [0.15, 0.2) is 12.4 Å². The summed E-state index contributed by atoms with van der Waals surface area (Å²) in [6.45, 7) is 4.78. The first-order valence-corrected chi connectivity index (χ1v) is 8.20. The van der Waals surface area contributed by atoms with Crippen LogP contribution in [0, 0.1) is 0 Å². The van der Waals surface area contributed by atoms with E-state index in [-0.39, 0.29) is 5.91 Å². The average molecular weight is 306 g/mol. The summed E-state index contributed by atoms with van der Waals surface area (Å²) in [5.41, 5.74) is 0.422. The van der Waals surface area contributed by atoms with E-state index in [1.54, 1.807) is 0 Å². The monoisotopic (exact) mass is 306 g/mol. The van der Waals surface area contributed by atoms with E-state index < -0.39 is 5.60 Å². The van der Waals surface area contributed by atoms with Crippen molar-refractivity contribution in [3.05, 3.63) is 18.0 Å². The Bertz CT molecular complexity index is 524. The van der Waals surface area contributed by atoms with Crippen molar-refractivity contribution in [2.45, 2.75) is 50.8 Å². The van der Waals surface area contributed by atoms with E-state index in [4.69, 9.17) is 4.74 Å². The van der Waals surface area contributed by atoms with Gasteiger partial charge in [-0.25, -0.2) is 0 Å². The molecule has 6 heteroatoms. The maximum atomic E-state index is 12.6. The van der Waals surface area contributed by atoms with Crippen molar-refractivity contribution >= 4 is 5.91 Å². The Morgan fingerprint density at radius 3 is 2.95 bits per heavy atom. The van der Waals surface area contributed by atoms with Crippen molar-refractivity contribution in [2.24, 2.45) is 7.05 Å². The molecule has 0 radical (unpaired) electrons. The molecule has 1 N–H and O–H groups in total. The number of hydrogen-bond donors (Lipinski definition) is 1. The van der Waals surface area contributed by atoms with Crippen molar-refractivity contribution in [1.29, 1.82) is 0 Å². The number of rotatable bonds is 4. The highest BCUT2D eigenvalue weighted by Gasteiger charge is 2.40. The molecule has 1 amide bonds. The highest BCUT2D eigenvalue weighted by molar-refractivity contribution is 5.85. The molecule has 0 bridgehead atoms. The second-order valence-corrected chi connectivity index (χ2v) is 6.77. The number of aryl methyl sites for hydroxylation is 1. The first-order chi connectivity index (χ1) is 10.5. The van der Waals surface area contributed by atoms with Gasteiger partial charge in [0.1, 0.15) is 0 Å². The van der Waals surface area contributed by atoms with Crippen LogP contribution >= 0.6 is 0 Å². The van der Waals surface area contributed by atoms with Crippen LogP contribution in [0.5, 0.6) is 0 Å². The largest absolute Gasteiger partial charge is 0.363 e. The molecule has 1 aromatic heterocycles. The summed E-state index contributed by atoms with van der Waals surface area (Å²) in [4.78, 5) is 14.9. The van der Waals surface area contributed by atoms with Gasteiger partial charge < -0.3 is 10.1 Å². The number of amides is 1. The molecule has 2 heterocycles. The van der Waals surface area contributed by atoms with Crippen LogP contribution in [0.4, 0.5) is 0 Å². The van der Waals surface area contributed by atoms with Crippen molar-refractivity contribution < 1.29 is 9.53 Å². The molecule has 2 fully saturated rings. The maximum Gasteiger partial charge on any atom is 0.253 e. The molecule has 22 heavy (non-hydrogen) atoms. The van der Waals surface area contributed by atoms with Gasteiger partial charge in [-0.05, 0) is 19.8 Å². The van der Waals surface area contributed by atoms with Crippen LogP contribution in [-0.2, 0) is 23.1 Å². The number of nitrogens with zero attached hydrogens (tertiary/aromatic N) is 3. The summed E-state index contributed by atoms with van der Waals surface area (Å²) in [5, 5.41) is 7.37. The minimum absolute atomic E-state index is 0.0373. The lowest BCUT2D eigenvalue weighted by atomic mass is 10.0. The summed E-state index contributed by atoms with van der Waals surface area (Å²) in [6.07, 6.45) is 8.53. The molecule has 1 aliphatic heterocycles. The van der Waals surface area contributed by atoms with Crippen molar-refractivity contribution in [3.63, 3.8) is 0 Å². The van der Waals surface area contributed by atoms with Crippen LogP contribution in [0.3, 0.4) is 0 Å². The Hall–Kier alpha value is -1.40. The maximum absolute atomic E-state index is 12.6. The van der Waals surface area contributed by atoms with Gasteiger partial charge in [0.2, 0.25) is 0 Å². The van der Waals surface area contributed by atoms with Gasteiger partial charge >= 0.3 is 0 Å². The standard InChI is InChI=1S/C16H26N4O2/c1-16(15(21)18-14-5-3-4-6-14)12-20(7-8-22-16)11-13-9-17-19(2)10-13/h9-10,14H,3-8,11-12H2,1-2H3,(H,18,21)/t16-/m1/s1. The van der Waals surface area contributed by atoms with Gasteiger partial charge in [-0.2, -0.15) is 5.10 Å². The highest BCUT2D eigenvalue weighted by Crippen LogP contribution is 2.22. The fourth-order valence-corrected chi connectivity index (χ4v) is 3.44. The number of morpholine rings is 1. The number of aromatic nitrogens is 2. The highest BCUT2D eigenvalue weighted by atomic mass is 16.5. The molecule has 122 valence electrons. The lowest BCUT2D eigenvalue weighted by Crippen LogP contribution is -2.59. The lowest BCUT2D eigenvalue weighted by Gasteiger charge is -2.39. The fourth-order valence-electron chi connectivity index (χ4n) is 3.44. The number of nitrogens with one attached hydrogen (secondary N) is 1. The lowest BCUT2D eigenvalue weighted by molar-refractivity contribution is -0.157. The molecule has 1 aromatic rings. The summed E-state index contributed by atoms with van der Waals surface area (Å²) in [5.74, 6) is 0.0373. The van der Waals surface area contributed by atoms with Crippen molar-refractivity contribution in [1.82, 2.24) is 20.0 Å². The first-order valence-electron chi connectivity index (χ1n) is 8.20. The van der Waals surface area contributed by atoms with Crippen LogP contribution in [0.1, 0.15) is 38.2 Å². The molecule has 1 saturated heterocycles. The zero-order valence-corrected chi connectivity index (χ0v) is 13.5. The van der Waals surface area contributed by atoms with E-state index in [0.29, 0.717) is 19.2 Å². The number of carbonyl (C=O) groups excluding carboxylic acids is 1. The molecule has 0 spiro atoms. The Balaban J connectivity index is 1.59. The van der Waals surface area contributed by atoms with Crippen LogP contribution in [-0.4, -0.2) is 51.9 Å². The first kappa shape index (κ1) is 15.5. The summed E-state index contributed by atoms with van der Waals surface area (Å²) in [7, 11) is 1.92. The Labute approximate surface area is 131 Å². The minimum Gasteiger partial charge on any atom is -0.363 e. The number of hydrogen-bond acceptors (Lipinski definition) is 4. The zero-order valence-electron chi connectivity index (χ0n) is 13.5. The molecule has 6 nitrogen and oxygen atoms in total. The van der Waals surface area contributed by atoms with Crippen LogP contribution in [0.25, 0.3) is 0 Å². The summed E-state index contributed by atoms with van der Waals surface area (Å²) in [6, 6.07) is 0.335. The van der Waals surface area contributed by atoms with E-state index in [1.165, 1.54) is 18.4 Å². The van der Waals surface area contributed by atoms with Crippen LogP contribution < -0.4 is 5.32 Å². The number of ether oxygens (including phenoxy) is 1. The topological polar surface area (TPSA) is 59.4 Å². The van der Waals surface area contributed by atoms with E-state index in [9.17, 15) is 4.79 Å². The third-order valence-corrected chi connectivity index (χ3v) is 4.69. The SMILES string of the molecule is Cn1cc(CN2CCO[C@@](C)(C(=O)NC3CCCC3)C2)cn1. The predicted octanol–water partition coefficient (Wildman–Crippen LogP) is 1.07. The third kappa shape index (κ3) is 3.50. The predicted molar refractivity (Wildman–Crippen MR) is 83.2 cm³/mol. The summed E-state index contributed by atoms with van der Waals surface area (Å²) >= 11 is 0. The smallest absolute Gasteiger partial charge is 0.253 e. The van der Waals surface area contributed by atoms with Crippen molar-refractivity contribution in [2.75, 3.05) is 19.7 Å². The molecule has 0 unspecified atom stereocenters. The average Bonchev–Trinajstić information content (AvgIpc) is 3.11. The van der Waals surface area contributed by atoms with E-state index in [2.05, 4.69) is 15.3 Å². The number of carbonyl (C=O) groups is 1. The second-order valence-electron chi connectivity index (χ2n) is 6.77.